The zero-order valence-corrected chi connectivity index (χ0v) is 11.2. The summed E-state index contributed by atoms with van der Waals surface area (Å²) in [5.74, 6) is 0.776. The Labute approximate surface area is 109 Å². The third-order valence-corrected chi connectivity index (χ3v) is 3.92. The molecule has 0 bridgehead atoms. The van der Waals surface area contributed by atoms with Crippen LogP contribution in [0.5, 0.6) is 0 Å². The van der Waals surface area contributed by atoms with Crippen molar-refractivity contribution in [1.82, 2.24) is 10.2 Å². The molecule has 18 heavy (non-hydrogen) atoms. The molecule has 1 saturated carbocycles. The number of carbonyl (C=O) groups is 1. The first-order chi connectivity index (χ1) is 8.70. The highest BCUT2D eigenvalue weighted by molar-refractivity contribution is 5.78. The molecule has 2 atom stereocenters. The predicted octanol–water partition coefficient (Wildman–Crippen LogP) is -0.0493. The van der Waals surface area contributed by atoms with Crippen LogP contribution in [-0.4, -0.2) is 56.2 Å². The van der Waals surface area contributed by atoms with Gasteiger partial charge in [-0.15, -0.1) is 0 Å². The van der Waals surface area contributed by atoms with E-state index in [0.29, 0.717) is 31.6 Å². The van der Waals surface area contributed by atoms with Crippen LogP contribution in [0.4, 0.5) is 0 Å². The van der Waals surface area contributed by atoms with Gasteiger partial charge in [0.2, 0.25) is 5.91 Å². The molecule has 2 unspecified atom stereocenters. The Morgan fingerprint density at radius 1 is 1.50 bits per heavy atom. The molecule has 1 amide bonds. The molecule has 0 aromatic carbocycles. The molecule has 0 aromatic heterocycles. The van der Waals surface area contributed by atoms with E-state index in [-0.39, 0.29) is 12.0 Å². The molecule has 5 nitrogen and oxygen atoms in total. The van der Waals surface area contributed by atoms with Gasteiger partial charge in [-0.1, -0.05) is 0 Å². The number of rotatable bonds is 7. The second-order valence-corrected chi connectivity index (χ2v) is 5.49. The van der Waals surface area contributed by atoms with Crippen molar-refractivity contribution >= 4 is 5.91 Å². The number of likely N-dealkylation sites (N-methyl/N-ethyl adjacent to an activating group) is 1. The smallest absolute Gasteiger partial charge is 0.234 e. The van der Waals surface area contributed by atoms with E-state index in [0.717, 1.165) is 19.4 Å². The fourth-order valence-corrected chi connectivity index (χ4v) is 2.65. The number of amides is 1. The molecule has 1 saturated heterocycles. The lowest BCUT2D eigenvalue weighted by Crippen LogP contribution is -2.46. The van der Waals surface area contributed by atoms with Crippen LogP contribution in [0.1, 0.15) is 25.7 Å². The molecule has 2 aliphatic rings. The van der Waals surface area contributed by atoms with Gasteiger partial charge in [-0.2, -0.15) is 0 Å². The van der Waals surface area contributed by atoms with E-state index < -0.39 is 0 Å². The maximum absolute atomic E-state index is 11.8. The van der Waals surface area contributed by atoms with Crippen LogP contribution in [0.25, 0.3) is 0 Å². The number of ether oxygens (including phenoxy) is 1. The third kappa shape index (κ3) is 3.93. The average Bonchev–Trinajstić information content (AvgIpc) is 3.03. The van der Waals surface area contributed by atoms with E-state index in [1.165, 1.54) is 12.8 Å². The van der Waals surface area contributed by atoms with Crippen molar-refractivity contribution in [2.24, 2.45) is 11.7 Å². The van der Waals surface area contributed by atoms with Gasteiger partial charge in [0.05, 0.1) is 12.6 Å². The van der Waals surface area contributed by atoms with Gasteiger partial charge < -0.3 is 15.8 Å². The lowest BCUT2D eigenvalue weighted by Gasteiger charge is -2.26. The van der Waals surface area contributed by atoms with Crippen LogP contribution in [-0.2, 0) is 9.53 Å². The van der Waals surface area contributed by atoms with Crippen molar-refractivity contribution in [1.29, 1.82) is 0 Å². The van der Waals surface area contributed by atoms with Crippen molar-refractivity contribution in [3.05, 3.63) is 0 Å². The van der Waals surface area contributed by atoms with Crippen LogP contribution in [0.2, 0.25) is 0 Å². The van der Waals surface area contributed by atoms with E-state index in [9.17, 15) is 4.79 Å². The van der Waals surface area contributed by atoms with Crippen LogP contribution in [0.3, 0.4) is 0 Å². The van der Waals surface area contributed by atoms with E-state index in [1.807, 2.05) is 7.05 Å². The maximum Gasteiger partial charge on any atom is 0.234 e. The van der Waals surface area contributed by atoms with Gasteiger partial charge in [-0.05, 0) is 38.6 Å². The van der Waals surface area contributed by atoms with E-state index in [4.69, 9.17) is 10.5 Å². The first-order valence-electron chi connectivity index (χ1n) is 6.99. The average molecular weight is 255 g/mol. The molecule has 104 valence electrons. The first-order valence-corrected chi connectivity index (χ1v) is 6.99. The van der Waals surface area contributed by atoms with Crippen molar-refractivity contribution in [3.63, 3.8) is 0 Å². The summed E-state index contributed by atoms with van der Waals surface area (Å²) in [7, 11) is 1.99. The molecule has 0 radical (unpaired) electrons. The van der Waals surface area contributed by atoms with Gasteiger partial charge in [0.1, 0.15) is 0 Å². The summed E-state index contributed by atoms with van der Waals surface area (Å²) in [5.41, 5.74) is 5.77. The fraction of sp³-hybridized carbons (Fsp3) is 0.923. The van der Waals surface area contributed by atoms with Crippen LogP contribution >= 0.6 is 0 Å². The first kappa shape index (κ1) is 13.8. The summed E-state index contributed by atoms with van der Waals surface area (Å²) in [6.07, 6.45) is 4.89. The lowest BCUT2D eigenvalue weighted by molar-refractivity contribution is -0.123. The van der Waals surface area contributed by atoms with Crippen LogP contribution in [0, 0.1) is 5.92 Å². The van der Waals surface area contributed by atoms with Crippen molar-refractivity contribution in [3.8, 4) is 0 Å². The Morgan fingerprint density at radius 3 is 2.83 bits per heavy atom. The Balaban J connectivity index is 1.65. The summed E-state index contributed by atoms with van der Waals surface area (Å²) in [6.45, 7) is 2.55. The van der Waals surface area contributed by atoms with Gasteiger partial charge in [0, 0.05) is 25.7 Å². The molecule has 1 aliphatic heterocycles. The highest BCUT2D eigenvalue weighted by Crippen LogP contribution is 2.34. The molecule has 2 fully saturated rings. The SMILES string of the molecule is CN(CC(=O)NCC1CCCO1)C(CN)C1CC1. The predicted molar refractivity (Wildman–Crippen MR) is 70.2 cm³/mol. The second kappa shape index (κ2) is 6.50. The van der Waals surface area contributed by atoms with E-state index in [2.05, 4.69) is 10.2 Å². The minimum atomic E-state index is 0.0760. The summed E-state index contributed by atoms with van der Waals surface area (Å²) in [4.78, 5) is 13.9. The minimum Gasteiger partial charge on any atom is -0.376 e. The monoisotopic (exact) mass is 255 g/mol. The van der Waals surface area contributed by atoms with Crippen LogP contribution < -0.4 is 11.1 Å². The Hall–Kier alpha value is -0.650. The zero-order valence-electron chi connectivity index (χ0n) is 11.2. The number of nitrogens with zero attached hydrogens (tertiary/aromatic N) is 1. The van der Waals surface area contributed by atoms with E-state index >= 15 is 0 Å². The van der Waals surface area contributed by atoms with E-state index in [1.54, 1.807) is 0 Å². The normalized spacial score (nSPS) is 25.4. The molecule has 5 heteroatoms. The van der Waals surface area contributed by atoms with Crippen molar-refractivity contribution in [2.75, 3.05) is 33.3 Å². The second-order valence-electron chi connectivity index (χ2n) is 5.49. The lowest BCUT2D eigenvalue weighted by atomic mass is 10.1. The molecule has 1 aliphatic carbocycles. The summed E-state index contributed by atoms with van der Waals surface area (Å²) in [6, 6.07) is 0.360. The third-order valence-electron chi connectivity index (χ3n) is 3.92. The molecular weight excluding hydrogens is 230 g/mol. The topological polar surface area (TPSA) is 67.6 Å². The van der Waals surface area contributed by atoms with Crippen LogP contribution in [0.15, 0.2) is 0 Å². The highest BCUT2D eigenvalue weighted by atomic mass is 16.5. The largest absolute Gasteiger partial charge is 0.376 e. The molecule has 2 rings (SSSR count). The Bertz CT molecular complexity index is 275. The fourth-order valence-electron chi connectivity index (χ4n) is 2.65. The molecule has 0 spiro atoms. The number of nitrogens with one attached hydrogen (secondary N) is 1. The van der Waals surface area contributed by atoms with Crippen molar-refractivity contribution < 1.29 is 9.53 Å². The standard InChI is InChI=1S/C13H25N3O2/c1-16(12(7-14)10-4-5-10)9-13(17)15-8-11-3-2-6-18-11/h10-12H,2-9,14H2,1H3,(H,15,17). The highest BCUT2D eigenvalue weighted by Gasteiger charge is 2.33. The summed E-state index contributed by atoms with van der Waals surface area (Å²) in [5, 5.41) is 2.95. The van der Waals surface area contributed by atoms with Gasteiger partial charge in [-0.25, -0.2) is 0 Å². The minimum absolute atomic E-state index is 0.0760. The number of carbonyl (C=O) groups excluding carboxylic acids is 1. The molecular formula is C13H25N3O2. The van der Waals surface area contributed by atoms with Gasteiger partial charge in [-0.3, -0.25) is 9.69 Å². The maximum atomic E-state index is 11.8. The van der Waals surface area contributed by atoms with Gasteiger partial charge in [0.25, 0.3) is 0 Å². The molecule has 3 N–H and O–H groups in total. The number of hydrogen-bond acceptors (Lipinski definition) is 4. The Morgan fingerprint density at radius 2 is 2.28 bits per heavy atom. The number of hydrogen-bond donors (Lipinski definition) is 2. The Kier molecular flexibility index (Phi) is 4.97. The quantitative estimate of drug-likeness (QED) is 0.669. The van der Waals surface area contributed by atoms with Crippen molar-refractivity contribution in [2.45, 2.75) is 37.8 Å². The molecule has 0 aromatic rings. The summed E-state index contributed by atoms with van der Waals surface area (Å²) >= 11 is 0. The van der Waals surface area contributed by atoms with Gasteiger partial charge >= 0.3 is 0 Å². The number of nitrogens with two attached hydrogens (primary N) is 1. The summed E-state index contributed by atoms with van der Waals surface area (Å²) < 4.78 is 5.48. The van der Waals surface area contributed by atoms with Gasteiger partial charge in [0.15, 0.2) is 0 Å². The zero-order chi connectivity index (χ0) is 13.0. The molecule has 1 heterocycles.